The van der Waals surface area contributed by atoms with E-state index in [0.717, 1.165) is 11.6 Å². The molecule has 0 unspecified atom stereocenters. The van der Waals surface area contributed by atoms with Gasteiger partial charge in [-0.3, -0.25) is 0 Å². The van der Waals surface area contributed by atoms with E-state index in [1.54, 1.807) is 56.3 Å². The van der Waals surface area contributed by atoms with Crippen LogP contribution in [0.1, 0.15) is 74.1 Å². The first-order valence-corrected chi connectivity index (χ1v) is 22.9. The maximum atomic E-state index is 11.2. The van der Waals surface area contributed by atoms with Crippen molar-refractivity contribution in [3.8, 4) is 0 Å². The zero-order chi connectivity index (χ0) is 39.4. The molecule has 294 valence electrons. The van der Waals surface area contributed by atoms with E-state index >= 15 is 0 Å². The van der Waals surface area contributed by atoms with Crippen molar-refractivity contribution in [2.45, 2.75) is 92.8 Å². The molecule has 0 saturated heterocycles. The average Bonchev–Trinajstić information content (AvgIpc) is 3.09. The van der Waals surface area contributed by atoms with Gasteiger partial charge in [0.1, 0.15) is 0 Å². The first-order chi connectivity index (χ1) is 23.4. The summed E-state index contributed by atoms with van der Waals surface area (Å²) in [6.45, 7) is 23.8. The summed E-state index contributed by atoms with van der Waals surface area (Å²) in [6.07, 6.45) is 2.89. The van der Waals surface area contributed by atoms with E-state index in [1.165, 1.54) is 0 Å². The molecular weight excluding hydrogens is 705 g/mol. The highest BCUT2D eigenvalue weighted by Gasteiger charge is 2.40. The molecule has 0 aliphatic heterocycles. The fraction of sp³-hybridized carbons (Fsp3) is 0.727. The number of carbonyl (C=O) groups is 3. The molecule has 0 aromatic heterocycles. The minimum Gasteiger partial charge on any atom is -0.478 e. The maximum absolute atomic E-state index is 11.2. The highest BCUT2D eigenvalue weighted by Crippen LogP contribution is 2.25. The molecule has 1 N–H and O–H groups in total. The van der Waals surface area contributed by atoms with Crippen LogP contribution >= 0.6 is 0 Å². The van der Waals surface area contributed by atoms with Crippen molar-refractivity contribution in [2.24, 2.45) is 0 Å². The molecule has 0 bridgehead atoms. The second-order valence-corrected chi connectivity index (χ2v) is 20.0. The van der Waals surface area contributed by atoms with Crippen LogP contribution in [0.4, 0.5) is 0 Å². The Hall–Kier alpha value is -2.04. The van der Waals surface area contributed by atoms with Crippen molar-refractivity contribution in [1.82, 2.24) is 0 Å². The van der Waals surface area contributed by atoms with Crippen molar-refractivity contribution < 1.29 is 64.4 Å². The van der Waals surface area contributed by atoms with Crippen LogP contribution in [0.2, 0.25) is 18.6 Å². The number of rotatable bonds is 25. The third-order valence-electron chi connectivity index (χ3n) is 7.04. The molecule has 14 nitrogen and oxygen atoms in total. The predicted molar refractivity (Wildman–Crippen MR) is 199 cm³/mol. The lowest BCUT2D eigenvalue weighted by Crippen LogP contribution is -2.46. The summed E-state index contributed by atoms with van der Waals surface area (Å²) in [5, 5.41) is 9.81. The van der Waals surface area contributed by atoms with Crippen molar-refractivity contribution in [3.05, 3.63) is 35.1 Å². The third-order valence-corrected chi connectivity index (χ3v) is 16.3. The van der Waals surface area contributed by atoms with Gasteiger partial charge in [-0.25, -0.2) is 14.4 Å². The van der Waals surface area contributed by atoms with E-state index in [9.17, 15) is 14.4 Å². The van der Waals surface area contributed by atoms with E-state index in [1.807, 2.05) is 34.2 Å². The molecule has 0 saturated carbocycles. The molecular formula is C33H66O14Si3. The summed E-state index contributed by atoms with van der Waals surface area (Å²) in [7, 11) is 0.190. The molecule has 0 rings (SSSR count). The summed E-state index contributed by atoms with van der Waals surface area (Å²) in [5.41, 5.74) is 1.16. The van der Waals surface area contributed by atoms with Crippen LogP contribution in [0.25, 0.3) is 0 Å². The summed E-state index contributed by atoms with van der Waals surface area (Å²) in [4.78, 5) is 33.3. The van der Waals surface area contributed by atoms with E-state index in [0.29, 0.717) is 81.1 Å². The number of hydrogen-bond donors (Lipinski definition) is 1. The van der Waals surface area contributed by atoms with Gasteiger partial charge >= 0.3 is 44.1 Å². The second kappa shape index (κ2) is 29.5. The van der Waals surface area contributed by atoms with Gasteiger partial charge in [0.15, 0.2) is 0 Å². The lowest BCUT2D eigenvalue weighted by atomic mass is 10.2. The van der Waals surface area contributed by atoms with Gasteiger partial charge in [-0.15, -0.1) is 0 Å². The first-order valence-electron chi connectivity index (χ1n) is 16.7. The Morgan fingerprint density at radius 3 is 1.24 bits per heavy atom. The van der Waals surface area contributed by atoms with Crippen LogP contribution < -0.4 is 0 Å². The Morgan fingerprint density at radius 1 is 0.620 bits per heavy atom. The van der Waals surface area contributed by atoms with Gasteiger partial charge in [0.05, 0.1) is 13.2 Å². The van der Waals surface area contributed by atoms with Crippen LogP contribution in [-0.2, 0) is 59.3 Å². The number of ether oxygens (including phenoxy) is 2. The van der Waals surface area contributed by atoms with Crippen molar-refractivity contribution in [3.63, 3.8) is 0 Å². The third kappa shape index (κ3) is 21.4. The minimum absolute atomic E-state index is 0.316. The lowest BCUT2D eigenvalue weighted by Gasteiger charge is -2.28. The van der Waals surface area contributed by atoms with E-state index in [2.05, 4.69) is 13.2 Å². The van der Waals surface area contributed by atoms with Crippen molar-refractivity contribution in [2.75, 3.05) is 68.6 Å². The van der Waals surface area contributed by atoms with E-state index in [4.69, 9.17) is 50.0 Å². The van der Waals surface area contributed by atoms with Gasteiger partial charge in [-0.2, -0.15) is 0 Å². The summed E-state index contributed by atoms with van der Waals surface area (Å²) < 4.78 is 53.5. The van der Waals surface area contributed by atoms with Crippen molar-refractivity contribution >= 4 is 44.1 Å². The van der Waals surface area contributed by atoms with Crippen LogP contribution in [0, 0.1) is 0 Å². The minimum atomic E-state index is -2.61. The van der Waals surface area contributed by atoms with Crippen LogP contribution in [0.5, 0.6) is 0 Å². The van der Waals surface area contributed by atoms with E-state index in [-0.39, 0.29) is 11.9 Å². The molecule has 17 heteroatoms. The topological polar surface area (TPSA) is 164 Å². The Labute approximate surface area is 304 Å². The number of carboxylic acids is 1. The molecule has 0 atom stereocenters. The molecule has 0 fully saturated rings. The normalized spacial score (nSPS) is 12.0. The number of carbonyl (C=O) groups excluding carboxylic acids is 2. The van der Waals surface area contributed by atoms with Gasteiger partial charge in [0, 0.05) is 84.2 Å². The van der Waals surface area contributed by atoms with Crippen LogP contribution in [0.15, 0.2) is 35.1 Å². The molecule has 50 heavy (non-hydrogen) atoms. The molecule has 0 spiro atoms. The van der Waals surface area contributed by atoms with Gasteiger partial charge < -0.3 is 50.0 Å². The summed E-state index contributed by atoms with van der Waals surface area (Å²) in [6, 6.07) is 1.26. The molecule has 0 radical (unpaired) electrons. The zero-order valence-electron chi connectivity index (χ0n) is 32.9. The predicted octanol–water partition coefficient (Wildman–Crippen LogP) is 6.01. The Kier molecular flexibility index (Phi) is 30.9. The maximum Gasteiger partial charge on any atom is 0.501 e. The second-order valence-electron chi connectivity index (χ2n) is 10.8. The lowest BCUT2D eigenvalue weighted by molar-refractivity contribution is -0.139. The van der Waals surface area contributed by atoms with Gasteiger partial charge in [-0.1, -0.05) is 26.5 Å². The molecule has 0 aliphatic rings. The standard InChI is InChI=1S/C13H26O5Si.C10H20O5Si.C10H20O4Si/c1-6-16-19(17-7-2,18-8-3)11-9-10-15-13(14)12(4)5;1-9(2)10(11)15-7-6-8-16(12-3,13-4)14-5;1-6-7-9(8(2)10(11)12)15(5,13-3)14-4/h4,6-11H2,1-3,5H3;1,6-8H2,2-5H3;6-7H2,1-5H3,(H,11,12). The van der Waals surface area contributed by atoms with Crippen LogP contribution in [0.3, 0.4) is 0 Å². The molecule has 0 aliphatic carbocycles. The Morgan fingerprint density at radius 2 is 0.980 bits per heavy atom. The zero-order valence-corrected chi connectivity index (χ0v) is 35.9. The SMILES string of the molecule is C=C(C)C(=O)OCCC[Si](OC)(OC)OC.C=C(C)C(=O)OCCC[Si](OCC)(OCC)OCC.CCCC(=C(C)C(=O)O)[Si](C)(OC)OC. The highest BCUT2D eigenvalue weighted by atomic mass is 28.4. The molecule has 0 heterocycles. The van der Waals surface area contributed by atoms with Crippen LogP contribution in [-0.4, -0.2) is 118 Å². The largest absolute Gasteiger partial charge is 0.501 e. The fourth-order valence-corrected chi connectivity index (χ4v) is 10.6. The average molecular weight is 771 g/mol. The number of aliphatic carboxylic acids is 1. The van der Waals surface area contributed by atoms with Crippen molar-refractivity contribution in [1.29, 1.82) is 0 Å². The molecule has 0 aromatic carbocycles. The quantitative estimate of drug-likeness (QED) is 0.0497. The Balaban J connectivity index is -0.000000668. The number of carboxylic acid groups (broad SMARTS) is 1. The smallest absolute Gasteiger partial charge is 0.478 e. The van der Waals surface area contributed by atoms with Gasteiger partial charge in [-0.05, 0) is 72.5 Å². The van der Waals surface area contributed by atoms with E-state index < -0.39 is 32.1 Å². The number of esters is 2. The van der Waals surface area contributed by atoms with Gasteiger partial charge in [0.25, 0.3) is 0 Å². The Bertz CT molecular complexity index is 1000. The first kappa shape index (κ1) is 52.3. The monoisotopic (exact) mass is 770 g/mol. The number of allylic oxidation sites excluding steroid dienone is 1. The molecule has 0 amide bonds. The summed E-state index contributed by atoms with van der Waals surface area (Å²) in [5.74, 6) is -1.64. The fourth-order valence-electron chi connectivity index (χ4n) is 4.17. The molecule has 0 aromatic rings. The van der Waals surface area contributed by atoms with Gasteiger partial charge in [0.2, 0.25) is 0 Å². The number of hydrogen-bond acceptors (Lipinski definition) is 13. The highest BCUT2D eigenvalue weighted by molar-refractivity contribution is 6.74. The summed E-state index contributed by atoms with van der Waals surface area (Å²) >= 11 is 0.